The summed E-state index contributed by atoms with van der Waals surface area (Å²) in [6, 6.07) is 18.6. The summed E-state index contributed by atoms with van der Waals surface area (Å²) in [6.45, 7) is 3.40. The van der Waals surface area contributed by atoms with E-state index in [1.807, 2.05) is 47.8 Å². The van der Waals surface area contributed by atoms with Crippen molar-refractivity contribution in [3.63, 3.8) is 0 Å². The molecule has 0 bridgehead atoms. The van der Waals surface area contributed by atoms with Crippen LogP contribution in [0.25, 0.3) is 44.2 Å². The van der Waals surface area contributed by atoms with Gasteiger partial charge >= 0.3 is 0 Å². The first kappa shape index (κ1) is 19.8. The van der Waals surface area contributed by atoms with Gasteiger partial charge in [0.25, 0.3) is 5.91 Å². The average molecular weight is 436 g/mol. The molecule has 164 valence electrons. The Morgan fingerprint density at radius 1 is 0.879 bits per heavy atom. The van der Waals surface area contributed by atoms with Crippen LogP contribution in [0.5, 0.6) is 0 Å². The minimum atomic E-state index is 0.108. The van der Waals surface area contributed by atoms with Gasteiger partial charge in [0.15, 0.2) is 0 Å². The fourth-order valence-corrected chi connectivity index (χ4v) is 4.62. The molecule has 5 aromatic rings. The van der Waals surface area contributed by atoms with Gasteiger partial charge in [0.2, 0.25) is 0 Å². The first-order chi connectivity index (χ1) is 16.2. The lowest BCUT2D eigenvalue weighted by atomic mass is 10.0. The maximum atomic E-state index is 12.9. The Bertz CT molecular complexity index is 1460. The fourth-order valence-electron chi connectivity index (χ4n) is 4.62. The predicted molar refractivity (Wildman–Crippen MR) is 132 cm³/mol. The van der Waals surface area contributed by atoms with Crippen LogP contribution in [0.15, 0.2) is 73.2 Å². The molecule has 6 rings (SSSR count). The third-order valence-electron chi connectivity index (χ3n) is 6.65. The molecule has 0 atom stereocenters. The van der Waals surface area contributed by atoms with E-state index in [1.54, 1.807) is 0 Å². The van der Waals surface area contributed by atoms with E-state index in [0.717, 1.165) is 70.5 Å². The second-order valence-electron chi connectivity index (χ2n) is 8.78. The topological polar surface area (TPSA) is 68.0 Å². The summed E-state index contributed by atoms with van der Waals surface area (Å²) in [7, 11) is 2.09. The molecule has 1 amide bonds. The number of fused-ring (bicyclic) bond motifs is 2. The first-order valence-electron chi connectivity index (χ1n) is 11.3. The molecule has 33 heavy (non-hydrogen) atoms. The van der Waals surface area contributed by atoms with Crippen LogP contribution >= 0.6 is 0 Å². The SMILES string of the molecule is CN1CCN(C(=O)c2ccc(-c3cnc4[nH]cc(-c5ccc6[nH]ccc6c5)c4c3)cc2)CC1. The van der Waals surface area contributed by atoms with Gasteiger partial charge in [-0.1, -0.05) is 18.2 Å². The van der Waals surface area contributed by atoms with E-state index in [1.165, 1.54) is 5.39 Å². The fraction of sp³-hybridized carbons (Fsp3) is 0.185. The summed E-state index contributed by atoms with van der Waals surface area (Å²) in [4.78, 5) is 28.2. The maximum absolute atomic E-state index is 12.9. The number of amides is 1. The molecule has 1 aliphatic heterocycles. The van der Waals surface area contributed by atoms with Crippen molar-refractivity contribution >= 4 is 27.8 Å². The van der Waals surface area contributed by atoms with E-state index in [9.17, 15) is 4.79 Å². The van der Waals surface area contributed by atoms with Crippen molar-refractivity contribution in [2.45, 2.75) is 0 Å². The van der Waals surface area contributed by atoms with Crippen molar-refractivity contribution in [2.24, 2.45) is 0 Å². The van der Waals surface area contributed by atoms with Gasteiger partial charge in [-0.2, -0.15) is 0 Å². The number of aromatic nitrogens is 3. The van der Waals surface area contributed by atoms with Crippen molar-refractivity contribution in [1.29, 1.82) is 0 Å². The molecule has 0 spiro atoms. The number of carbonyl (C=O) groups is 1. The second-order valence-corrected chi connectivity index (χ2v) is 8.78. The smallest absolute Gasteiger partial charge is 0.253 e. The van der Waals surface area contributed by atoms with Crippen molar-refractivity contribution in [3.8, 4) is 22.3 Å². The number of hydrogen-bond acceptors (Lipinski definition) is 3. The Morgan fingerprint density at radius 2 is 1.67 bits per heavy atom. The summed E-state index contributed by atoms with van der Waals surface area (Å²) in [5.74, 6) is 0.108. The molecule has 0 saturated carbocycles. The minimum absolute atomic E-state index is 0.108. The number of aromatic amines is 2. The van der Waals surface area contributed by atoms with Gasteiger partial charge in [-0.3, -0.25) is 4.79 Å². The standard InChI is InChI=1S/C27H25N5O/c1-31-10-12-32(13-11-31)27(33)19-4-2-18(3-5-19)22-15-23-24(17-30-26(23)29-16-22)20-6-7-25-21(14-20)8-9-28-25/h2-9,14-17,28H,10-13H2,1H3,(H,29,30). The second kappa shape index (κ2) is 7.90. The Morgan fingerprint density at radius 3 is 2.48 bits per heavy atom. The Hall–Kier alpha value is -3.90. The van der Waals surface area contributed by atoms with Crippen molar-refractivity contribution in [1.82, 2.24) is 24.8 Å². The lowest BCUT2D eigenvalue weighted by Gasteiger charge is -2.32. The Balaban J connectivity index is 1.30. The van der Waals surface area contributed by atoms with E-state index in [2.05, 4.69) is 57.2 Å². The molecular formula is C27H25N5O. The van der Waals surface area contributed by atoms with Gasteiger partial charge < -0.3 is 19.8 Å². The number of hydrogen-bond donors (Lipinski definition) is 2. The zero-order valence-electron chi connectivity index (χ0n) is 18.5. The number of carbonyl (C=O) groups excluding carboxylic acids is 1. The molecule has 1 fully saturated rings. The molecule has 2 aromatic carbocycles. The van der Waals surface area contributed by atoms with Crippen molar-refractivity contribution in [2.75, 3.05) is 33.2 Å². The van der Waals surface area contributed by atoms with Crippen molar-refractivity contribution < 1.29 is 4.79 Å². The zero-order valence-corrected chi connectivity index (χ0v) is 18.5. The highest BCUT2D eigenvalue weighted by Crippen LogP contribution is 2.32. The van der Waals surface area contributed by atoms with E-state index in [-0.39, 0.29) is 5.91 Å². The maximum Gasteiger partial charge on any atom is 0.253 e. The highest BCUT2D eigenvalue weighted by atomic mass is 16.2. The van der Waals surface area contributed by atoms with E-state index in [0.29, 0.717) is 0 Å². The number of likely N-dealkylation sites (N-methyl/N-ethyl adjacent to an activating group) is 1. The highest BCUT2D eigenvalue weighted by Gasteiger charge is 2.20. The van der Waals surface area contributed by atoms with Gasteiger partial charge in [-0.15, -0.1) is 0 Å². The van der Waals surface area contributed by atoms with Crippen LogP contribution in [0.4, 0.5) is 0 Å². The molecule has 6 heteroatoms. The number of nitrogens with zero attached hydrogens (tertiary/aromatic N) is 3. The summed E-state index contributed by atoms with van der Waals surface area (Å²) in [5.41, 5.74) is 7.09. The quantitative estimate of drug-likeness (QED) is 0.429. The minimum Gasteiger partial charge on any atom is -0.361 e. The number of pyridine rings is 1. The number of nitrogens with one attached hydrogen (secondary N) is 2. The number of benzene rings is 2. The molecule has 4 heterocycles. The van der Waals surface area contributed by atoms with Crippen LogP contribution in [-0.4, -0.2) is 63.9 Å². The van der Waals surface area contributed by atoms with Gasteiger partial charge in [0, 0.05) is 72.4 Å². The monoisotopic (exact) mass is 435 g/mol. The summed E-state index contributed by atoms with van der Waals surface area (Å²) in [6.07, 6.45) is 5.86. The third kappa shape index (κ3) is 3.58. The Kier molecular flexibility index (Phi) is 4.73. The van der Waals surface area contributed by atoms with E-state index >= 15 is 0 Å². The van der Waals surface area contributed by atoms with Crippen LogP contribution in [-0.2, 0) is 0 Å². The van der Waals surface area contributed by atoms with Crippen LogP contribution in [0.1, 0.15) is 10.4 Å². The lowest BCUT2D eigenvalue weighted by Crippen LogP contribution is -2.47. The summed E-state index contributed by atoms with van der Waals surface area (Å²) >= 11 is 0. The average Bonchev–Trinajstić information content (AvgIpc) is 3.50. The normalized spacial score (nSPS) is 14.9. The molecule has 0 radical (unpaired) electrons. The molecule has 0 unspecified atom stereocenters. The number of piperazine rings is 1. The predicted octanol–water partition coefficient (Wildman–Crippen LogP) is 4.77. The van der Waals surface area contributed by atoms with Crippen LogP contribution in [0.2, 0.25) is 0 Å². The van der Waals surface area contributed by atoms with E-state index in [4.69, 9.17) is 0 Å². The van der Waals surface area contributed by atoms with Gasteiger partial charge in [0.05, 0.1) is 0 Å². The van der Waals surface area contributed by atoms with Crippen molar-refractivity contribution in [3.05, 3.63) is 78.8 Å². The number of rotatable bonds is 3. The van der Waals surface area contributed by atoms with Gasteiger partial charge in [0.1, 0.15) is 5.65 Å². The third-order valence-corrected chi connectivity index (χ3v) is 6.65. The molecule has 6 nitrogen and oxygen atoms in total. The van der Waals surface area contributed by atoms with Crippen LogP contribution < -0.4 is 0 Å². The summed E-state index contributed by atoms with van der Waals surface area (Å²) in [5, 5.41) is 2.27. The molecule has 1 saturated heterocycles. The lowest BCUT2D eigenvalue weighted by molar-refractivity contribution is 0.0664. The summed E-state index contributed by atoms with van der Waals surface area (Å²) < 4.78 is 0. The molecule has 3 aromatic heterocycles. The molecule has 1 aliphatic rings. The largest absolute Gasteiger partial charge is 0.361 e. The van der Waals surface area contributed by atoms with Crippen LogP contribution in [0, 0.1) is 0 Å². The Labute approximate surface area is 191 Å². The van der Waals surface area contributed by atoms with Gasteiger partial charge in [-0.25, -0.2) is 4.98 Å². The highest BCUT2D eigenvalue weighted by molar-refractivity contribution is 5.98. The molecule has 0 aliphatic carbocycles. The zero-order chi connectivity index (χ0) is 22.4. The molecule has 2 N–H and O–H groups in total. The van der Waals surface area contributed by atoms with Crippen LogP contribution in [0.3, 0.4) is 0 Å². The van der Waals surface area contributed by atoms with E-state index < -0.39 is 0 Å². The van der Waals surface area contributed by atoms with Gasteiger partial charge in [-0.05, 0) is 60.0 Å². The number of H-pyrrole nitrogens is 2. The first-order valence-corrected chi connectivity index (χ1v) is 11.3. The molecular weight excluding hydrogens is 410 g/mol.